The average molecular weight is 417 g/mol. The van der Waals surface area contributed by atoms with Gasteiger partial charge < -0.3 is 26.4 Å². The second-order valence-corrected chi connectivity index (χ2v) is 8.28. The first-order chi connectivity index (χ1) is 13.2. The van der Waals surface area contributed by atoms with Gasteiger partial charge in [-0.1, -0.05) is 13.8 Å². The zero-order valence-electron chi connectivity index (χ0n) is 16.9. The fourth-order valence-corrected chi connectivity index (χ4v) is 3.33. The normalized spacial score (nSPS) is 19.5. The molecule has 10 heteroatoms. The number of carbonyl (C=O) groups excluding carboxylic acids is 3. The second kappa shape index (κ2) is 11.9. The highest BCUT2D eigenvalue weighted by molar-refractivity contribution is 7.98. The van der Waals surface area contributed by atoms with Crippen LogP contribution in [0.4, 0.5) is 0 Å². The van der Waals surface area contributed by atoms with Crippen molar-refractivity contribution in [1.82, 2.24) is 21.3 Å². The number of carboxylic acids is 1. The lowest BCUT2D eigenvalue weighted by atomic mass is 10.0. The first kappa shape index (κ1) is 24.2. The van der Waals surface area contributed by atoms with Crippen LogP contribution in [0.3, 0.4) is 0 Å². The maximum Gasteiger partial charge on any atom is 0.326 e. The van der Waals surface area contributed by atoms with E-state index in [0.717, 1.165) is 19.4 Å². The Hall–Kier alpha value is -1.81. The molecule has 0 bridgehead atoms. The maximum absolute atomic E-state index is 12.6. The SMILES string of the molecule is CSCCC(NC(=O)C1CCCN1)C(=O)NC(C)C(=O)NC(C(=O)O)C(C)C. The quantitative estimate of drug-likeness (QED) is 0.312. The third-order valence-corrected chi connectivity index (χ3v) is 5.25. The van der Waals surface area contributed by atoms with E-state index in [4.69, 9.17) is 0 Å². The minimum absolute atomic E-state index is 0.221. The van der Waals surface area contributed by atoms with E-state index in [-0.39, 0.29) is 17.9 Å². The summed E-state index contributed by atoms with van der Waals surface area (Å²) in [5.74, 6) is -2.01. The van der Waals surface area contributed by atoms with Crippen molar-refractivity contribution in [2.24, 2.45) is 5.92 Å². The van der Waals surface area contributed by atoms with Gasteiger partial charge in [-0.15, -0.1) is 0 Å². The molecule has 28 heavy (non-hydrogen) atoms. The molecule has 0 radical (unpaired) electrons. The third kappa shape index (κ3) is 7.67. The fraction of sp³-hybridized carbons (Fsp3) is 0.778. The number of carboxylic acid groups (broad SMARTS) is 1. The largest absolute Gasteiger partial charge is 0.480 e. The summed E-state index contributed by atoms with van der Waals surface area (Å²) >= 11 is 1.56. The maximum atomic E-state index is 12.6. The van der Waals surface area contributed by atoms with Gasteiger partial charge in [-0.05, 0) is 50.7 Å². The van der Waals surface area contributed by atoms with E-state index >= 15 is 0 Å². The summed E-state index contributed by atoms with van der Waals surface area (Å²) < 4.78 is 0. The molecule has 5 N–H and O–H groups in total. The molecule has 3 amide bonds. The topological polar surface area (TPSA) is 137 Å². The van der Waals surface area contributed by atoms with Gasteiger partial charge in [0.1, 0.15) is 18.1 Å². The van der Waals surface area contributed by atoms with Gasteiger partial charge in [0.2, 0.25) is 17.7 Å². The molecule has 0 saturated carbocycles. The van der Waals surface area contributed by atoms with Crippen molar-refractivity contribution >= 4 is 35.5 Å². The molecule has 0 spiro atoms. The van der Waals surface area contributed by atoms with Crippen LogP contribution in [-0.4, -0.2) is 71.5 Å². The standard InChI is InChI=1S/C18H32N4O5S/c1-10(2)14(18(26)27)22-15(23)11(3)20-17(25)13(7-9-28-4)21-16(24)12-6-5-8-19-12/h10-14,19H,5-9H2,1-4H3,(H,20,25)(H,21,24)(H,22,23)(H,26,27). The molecular formula is C18H32N4O5S. The van der Waals surface area contributed by atoms with Gasteiger partial charge in [0.25, 0.3) is 0 Å². The van der Waals surface area contributed by atoms with Gasteiger partial charge >= 0.3 is 5.97 Å². The number of carbonyl (C=O) groups is 4. The molecule has 160 valence electrons. The molecule has 4 atom stereocenters. The van der Waals surface area contributed by atoms with E-state index < -0.39 is 35.9 Å². The summed E-state index contributed by atoms with van der Waals surface area (Å²) in [6, 6.07) is -3.01. The van der Waals surface area contributed by atoms with Gasteiger partial charge in [0.05, 0.1) is 6.04 Å². The van der Waals surface area contributed by atoms with Crippen LogP contribution in [0, 0.1) is 5.92 Å². The highest BCUT2D eigenvalue weighted by Crippen LogP contribution is 2.08. The summed E-state index contributed by atoms with van der Waals surface area (Å²) in [5.41, 5.74) is 0. The predicted molar refractivity (Wildman–Crippen MR) is 108 cm³/mol. The molecule has 4 unspecified atom stereocenters. The smallest absolute Gasteiger partial charge is 0.326 e. The van der Waals surface area contributed by atoms with E-state index in [0.29, 0.717) is 12.2 Å². The van der Waals surface area contributed by atoms with Crippen LogP contribution in [0.5, 0.6) is 0 Å². The lowest BCUT2D eigenvalue weighted by molar-refractivity contribution is -0.143. The molecule has 1 heterocycles. The van der Waals surface area contributed by atoms with E-state index in [1.165, 1.54) is 6.92 Å². The number of thioether (sulfide) groups is 1. The molecule has 1 aliphatic rings. The Morgan fingerprint density at radius 1 is 1.11 bits per heavy atom. The van der Waals surface area contributed by atoms with Crippen LogP contribution in [-0.2, 0) is 19.2 Å². The van der Waals surface area contributed by atoms with E-state index in [9.17, 15) is 24.3 Å². The number of amides is 3. The number of hydrogen-bond donors (Lipinski definition) is 5. The molecule has 1 saturated heterocycles. The second-order valence-electron chi connectivity index (χ2n) is 7.29. The predicted octanol–water partition coefficient (Wildman–Crippen LogP) is -0.294. The first-order valence-electron chi connectivity index (χ1n) is 9.53. The Labute approximate surface area is 170 Å². The molecule has 0 aliphatic carbocycles. The van der Waals surface area contributed by atoms with Crippen LogP contribution in [0.1, 0.15) is 40.0 Å². The van der Waals surface area contributed by atoms with Gasteiger partial charge in [-0.3, -0.25) is 14.4 Å². The molecule has 0 aromatic carbocycles. The monoisotopic (exact) mass is 416 g/mol. The molecule has 9 nitrogen and oxygen atoms in total. The minimum Gasteiger partial charge on any atom is -0.480 e. The zero-order valence-corrected chi connectivity index (χ0v) is 17.7. The summed E-state index contributed by atoms with van der Waals surface area (Å²) in [7, 11) is 0. The van der Waals surface area contributed by atoms with Gasteiger partial charge in [0, 0.05) is 0 Å². The van der Waals surface area contributed by atoms with E-state index in [1.54, 1.807) is 25.6 Å². The summed E-state index contributed by atoms with van der Waals surface area (Å²) in [5, 5.41) is 20.1. The van der Waals surface area contributed by atoms with Crippen molar-refractivity contribution in [2.45, 2.75) is 64.2 Å². The number of aliphatic carboxylic acids is 1. The molecular weight excluding hydrogens is 384 g/mol. The molecule has 1 aliphatic heterocycles. The van der Waals surface area contributed by atoms with Crippen molar-refractivity contribution in [1.29, 1.82) is 0 Å². The first-order valence-corrected chi connectivity index (χ1v) is 10.9. The molecule has 1 rings (SSSR count). The molecule has 1 fully saturated rings. The van der Waals surface area contributed by atoms with Crippen LogP contribution in [0.25, 0.3) is 0 Å². The summed E-state index contributed by atoms with van der Waals surface area (Å²) in [6.45, 7) is 5.64. The van der Waals surface area contributed by atoms with Gasteiger partial charge in [0.15, 0.2) is 0 Å². The van der Waals surface area contributed by atoms with Crippen molar-refractivity contribution in [3.05, 3.63) is 0 Å². The Morgan fingerprint density at radius 2 is 1.79 bits per heavy atom. The molecule has 0 aromatic rings. The number of hydrogen-bond acceptors (Lipinski definition) is 6. The van der Waals surface area contributed by atoms with Crippen molar-refractivity contribution in [3.8, 4) is 0 Å². The van der Waals surface area contributed by atoms with Crippen molar-refractivity contribution in [3.63, 3.8) is 0 Å². The van der Waals surface area contributed by atoms with Crippen molar-refractivity contribution in [2.75, 3.05) is 18.6 Å². The number of nitrogens with one attached hydrogen (secondary N) is 4. The molecule has 0 aromatic heterocycles. The third-order valence-electron chi connectivity index (χ3n) is 4.60. The average Bonchev–Trinajstić information content (AvgIpc) is 3.16. The fourth-order valence-electron chi connectivity index (χ4n) is 2.86. The van der Waals surface area contributed by atoms with Gasteiger partial charge in [-0.25, -0.2) is 4.79 Å². The van der Waals surface area contributed by atoms with E-state index in [2.05, 4.69) is 21.3 Å². The van der Waals surface area contributed by atoms with Crippen LogP contribution in [0.15, 0.2) is 0 Å². The van der Waals surface area contributed by atoms with Gasteiger partial charge in [-0.2, -0.15) is 11.8 Å². The van der Waals surface area contributed by atoms with Crippen molar-refractivity contribution < 1.29 is 24.3 Å². The Bertz CT molecular complexity index is 566. The van der Waals surface area contributed by atoms with E-state index in [1.807, 2.05) is 6.26 Å². The highest BCUT2D eigenvalue weighted by atomic mass is 32.2. The van der Waals surface area contributed by atoms with Crippen LogP contribution < -0.4 is 21.3 Å². The Balaban J connectivity index is 2.67. The number of rotatable bonds is 11. The summed E-state index contributed by atoms with van der Waals surface area (Å²) in [4.78, 5) is 48.5. The lowest BCUT2D eigenvalue weighted by Gasteiger charge is -2.24. The Morgan fingerprint density at radius 3 is 2.29 bits per heavy atom. The summed E-state index contributed by atoms with van der Waals surface area (Å²) in [6.07, 6.45) is 3.98. The van der Waals surface area contributed by atoms with Crippen LogP contribution >= 0.6 is 11.8 Å². The Kier molecular flexibility index (Phi) is 10.3. The zero-order chi connectivity index (χ0) is 21.3. The minimum atomic E-state index is -1.13. The lowest BCUT2D eigenvalue weighted by Crippen LogP contribution is -2.56. The van der Waals surface area contributed by atoms with Crippen LogP contribution in [0.2, 0.25) is 0 Å². The highest BCUT2D eigenvalue weighted by Gasteiger charge is 2.30.